The summed E-state index contributed by atoms with van der Waals surface area (Å²) in [5, 5.41) is 4.96. The second-order valence-electron chi connectivity index (χ2n) is 7.01. The van der Waals surface area contributed by atoms with Gasteiger partial charge in [-0.1, -0.05) is 6.07 Å². The van der Waals surface area contributed by atoms with Gasteiger partial charge in [0.05, 0.1) is 26.3 Å². The van der Waals surface area contributed by atoms with E-state index in [2.05, 4.69) is 15.5 Å². The van der Waals surface area contributed by atoms with Gasteiger partial charge in [-0.2, -0.15) is 0 Å². The summed E-state index contributed by atoms with van der Waals surface area (Å²) in [7, 11) is 1.57. The van der Waals surface area contributed by atoms with Gasteiger partial charge >= 0.3 is 0 Å². The lowest BCUT2D eigenvalue weighted by Gasteiger charge is -2.28. The summed E-state index contributed by atoms with van der Waals surface area (Å²) >= 11 is 0. The fourth-order valence-corrected chi connectivity index (χ4v) is 3.12. The van der Waals surface area contributed by atoms with Crippen molar-refractivity contribution < 1.29 is 23.1 Å². The van der Waals surface area contributed by atoms with Gasteiger partial charge < -0.3 is 20.3 Å². The largest absolute Gasteiger partial charge is 0.378 e. The van der Waals surface area contributed by atoms with Crippen LogP contribution in [0.3, 0.4) is 0 Å². The van der Waals surface area contributed by atoms with Crippen molar-refractivity contribution in [2.45, 2.75) is 0 Å². The Morgan fingerprint density at radius 1 is 0.967 bits per heavy atom. The van der Waals surface area contributed by atoms with E-state index >= 15 is 0 Å². The molecule has 0 bridgehead atoms. The Balaban J connectivity index is 1.46. The third-order valence-electron chi connectivity index (χ3n) is 4.58. The van der Waals surface area contributed by atoms with Gasteiger partial charge in [0.15, 0.2) is 0 Å². The van der Waals surface area contributed by atoms with Crippen LogP contribution in [0.2, 0.25) is 0 Å². The Kier molecular flexibility index (Phi) is 7.31. The number of amides is 2. The minimum Gasteiger partial charge on any atom is -0.378 e. The zero-order valence-corrected chi connectivity index (χ0v) is 16.7. The van der Waals surface area contributed by atoms with Gasteiger partial charge in [-0.25, -0.2) is 8.78 Å². The minimum atomic E-state index is -0.857. The molecular formula is C21H24F2N4O3. The number of benzene rings is 2. The maximum Gasteiger partial charge on any atom is 0.238 e. The van der Waals surface area contributed by atoms with E-state index in [-0.39, 0.29) is 19.0 Å². The minimum absolute atomic E-state index is 0.0572. The molecule has 9 heteroatoms. The Hall–Kier alpha value is -3.04. The number of nitrogens with zero attached hydrogens (tertiary/aromatic N) is 2. The first-order chi connectivity index (χ1) is 14.4. The number of halogens is 2. The number of hydrogen-bond donors (Lipinski definition) is 2. The SMILES string of the molecule is CN(CC(=O)Nc1ccc(N2CCOCC2)cc1)CC(=O)Nc1c(F)cccc1F. The molecule has 3 rings (SSSR count). The molecular weight excluding hydrogens is 394 g/mol. The predicted octanol–water partition coefficient (Wildman–Crippen LogP) is 2.31. The number of morpholine rings is 1. The zero-order chi connectivity index (χ0) is 21.5. The maximum atomic E-state index is 13.6. The summed E-state index contributed by atoms with van der Waals surface area (Å²) in [5.41, 5.74) is 1.20. The van der Waals surface area contributed by atoms with Crippen molar-refractivity contribution in [2.75, 3.05) is 62.0 Å². The lowest BCUT2D eigenvalue weighted by molar-refractivity contribution is -0.119. The molecule has 0 aliphatic carbocycles. The molecule has 0 unspecified atom stereocenters. The summed E-state index contributed by atoms with van der Waals surface area (Å²) in [4.78, 5) is 27.9. The molecule has 0 spiro atoms. The number of para-hydroxylation sites is 1. The number of hydrogen-bond acceptors (Lipinski definition) is 5. The van der Waals surface area contributed by atoms with Crippen molar-refractivity contribution in [1.29, 1.82) is 0 Å². The van der Waals surface area contributed by atoms with E-state index in [0.29, 0.717) is 18.9 Å². The second kappa shape index (κ2) is 10.1. The highest BCUT2D eigenvalue weighted by Crippen LogP contribution is 2.19. The van der Waals surface area contributed by atoms with Gasteiger partial charge in [-0.3, -0.25) is 14.5 Å². The standard InChI is InChI=1S/C21H24F2N4O3/c1-26(14-20(29)25-21-17(22)3-2-4-18(21)23)13-19(28)24-15-5-7-16(8-6-15)27-9-11-30-12-10-27/h2-8H,9-14H2,1H3,(H,24,28)(H,25,29). The quantitative estimate of drug-likeness (QED) is 0.722. The molecule has 2 aromatic rings. The molecule has 2 amide bonds. The van der Waals surface area contributed by atoms with E-state index in [4.69, 9.17) is 4.74 Å². The molecule has 160 valence electrons. The number of nitrogens with one attached hydrogen (secondary N) is 2. The monoisotopic (exact) mass is 418 g/mol. The molecule has 1 aliphatic heterocycles. The van der Waals surface area contributed by atoms with Crippen molar-refractivity contribution >= 4 is 28.9 Å². The van der Waals surface area contributed by atoms with E-state index in [1.54, 1.807) is 7.05 Å². The van der Waals surface area contributed by atoms with Crippen LogP contribution in [0.15, 0.2) is 42.5 Å². The molecule has 7 nitrogen and oxygen atoms in total. The molecule has 0 aromatic heterocycles. The van der Waals surface area contributed by atoms with Crippen LogP contribution in [0.4, 0.5) is 25.8 Å². The van der Waals surface area contributed by atoms with Gasteiger partial charge in [0.25, 0.3) is 0 Å². The molecule has 1 fully saturated rings. The van der Waals surface area contributed by atoms with Gasteiger partial charge in [-0.15, -0.1) is 0 Å². The first-order valence-electron chi connectivity index (χ1n) is 9.57. The van der Waals surface area contributed by atoms with Gasteiger partial charge in [0.1, 0.15) is 17.3 Å². The van der Waals surface area contributed by atoms with E-state index in [1.165, 1.54) is 11.0 Å². The molecule has 0 radical (unpaired) electrons. The van der Waals surface area contributed by atoms with E-state index in [9.17, 15) is 18.4 Å². The van der Waals surface area contributed by atoms with Crippen LogP contribution < -0.4 is 15.5 Å². The van der Waals surface area contributed by atoms with Crippen molar-refractivity contribution in [2.24, 2.45) is 0 Å². The van der Waals surface area contributed by atoms with Gasteiger partial charge in [0.2, 0.25) is 11.8 Å². The predicted molar refractivity (Wildman–Crippen MR) is 111 cm³/mol. The molecule has 1 saturated heterocycles. The summed E-state index contributed by atoms with van der Waals surface area (Å²) in [6.07, 6.45) is 0. The lowest BCUT2D eigenvalue weighted by Crippen LogP contribution is -2.36. The highest BCUT2D eigenvalue weighted by Gasteiger charge is 2.15. The summed E-state index contributed by atoms with van der Waals surface area (Å²) < 4.78 is 32.6. The van der Waals surface area contributed by atoms with Crippen LogP contribution in [0.1, 0.15) is 0 Å². The number of anilines is 3. The fraction of sp³-hybridized carbons (Fsp3) is 0.333. The molecule has 30 heavy (non-hydrogen) atoms. The average Bonchev–Trinajstić information content (AvgIpc) is 2.72. The highest BCUT2D eigenvalue weighted by atomic mass is 19.1. The maximum absolute atomic E-state index is 13.6. The molecule has 0 saturated carbocycles. The van der Waals surface area contributed by atoms with Crippen LogP contribution >= 0.6 is 0 Å². The summed E-state index contributed by atoms with van der Waals surface area (Å²) in [6, 6.07) is 10.8. The van der Waals surface area contributed by atoms with Crippen LogP contribution in [-0.2, 0) is 14.3 Å². The Morgan fingerprint density at radius 3 is 2.13 bits per heavy atom. The number of carbonyl (C=O) groups excluding carboxylic acids is 2. The third kappa shape index (κ3) is 5.98. The summed E-state index contributed by atoms with van der Waals surface area (Å²) in [6.45, 7) is 2.80. The van der Waals surface area contributed by atoms with E-state index in [1.807, 2.05) is 24.3 Å². The van der Waals surface area contributed by atoms with Crippen LogP contribution in [0, 0.1) is 11.6 Å². The number of likely N-dealkylation sites (N-methyl/N-ethyl adjacent to an activating group) is 1. The molecule has 1 heterocycles. The highest BCUT2D eigenvalue weighted by molar-refractivity contribution is 5.94. The van der Waals surface area contributed by atoms with Crippen LogP contribution in [0.25, 0.3) is 0 Å². The molecule has 1 aliphatic rings. The van der Waals surface area contributed by atoms with Gasteiger partial charge in [-0.05, 0) is 43.4 Å². The fourth-order valence-electron chi connectivity index (χ4n) is 3.12. The van der Waals surface area contributed by atoms with E-state index < -0.39 is 23.2 Å². The average molecular weight is 418 g/mol. The smallest absolute Gasteiger partial charge is 0.238 e. The Bertz CT molecular complexity index is 866. The van der Waals surface area contributed by atoms with Crippen molar-refractivity contribution in [3.05, 3.63) is 54.1 Å². The molecule has 2 N–H and O–H groups in total. The molecule has 0 atom stereocenters. The topological polar surface area (TPSA) is 73.9 Å². The van der Waals surface area contributed by atoms with Gasteiger partial charge in [0, 0.05) is 24.5 Å². The first-order valence-corrected chi connectivity index (χ1v) is 9.57. The van der Waals surface area contributed by atoms with E-state index in [0.717, 1.165) is 30.9 Å². The number of ether oxygens (including phenoxy) is 1. The lowest BCUT2D eigenvalue weighted by atomic mass is 10.2. The number of rotatable bonds is 7. The Labute approximate surface area is 173 Å². The second-order valence-corrected chi connectivity index (χ2v) is 7.01. The van der Waals surface area contributed by atoms with Crippen molar-refractivity contribution in [3.8, 4) is 0 Å². The normalized spacial score (nSPS) is 13.9. The first kappa shape index (κ1) is 21.7. The molecule has 2 aromatic carbocycles. The Morgan fingerprint density at radius 2 is 1.53 bits per heavy atom. The summed E-state index contributed by atoms with van der Waals surface area (Å²) in [5.74, 6) is -2.64. The zero-order valence-electron chi connectivity index (χ0n) is 16.7. The van der Waals surface area contributed by atoms with Crippen molar-refractivity contribution in [1.82, 2.24) is 4.90 Å². The van der Waals surface area contributed by atoms with Crippen LogP contribution in [-0.4, -0.2) is 63.2 Å². The van der Waals surface area contributed by atoms with Crippen molar-refractivity contribution in [3.63, 3.8) is 0 Å². The van der Waals surface area contributed by atoms with Crippen LogP contribution in [0.5, 0.6) is 0 Å². The third-order valence-corrected chi connectivity index (χ3v) is 4.58. The number of carbonyl (C=O) groups is 2.